The Hall–Kier alpha value is -0.750. The summed E-state index contributed by atoms with van der Waals surface area (Å²) < 4.78 is 5.00. The van der Waals surface area contributed by atoms with Gasteiger partial charge in [0, 0.05) is 12.5 Å². The maximum atomic E-state index is 5.89. The van der Waals surface area contributed by atoms with Crippen LogP contribution in [-0.4, -0.2) is 18.7 Å². The molecule has 0 aliphatic heterocycles. The molecule has 1 unspecified atom stereocenters. The van der Waals surface area contributed by atoms with Crippen LogP contribution in [0.5, 0.6) is 0 Å². The Bertz CT molecular complexity index is 411. The molecule has 80 valence electrons. The molecule has 0 saturated carbocycles. The molecule has 0 radical (unpaired) electrons. The van der Waals surface area contributed by atoms with Gasteiger partial charge in [0.15, 0.2) is 0 Å². The normalized spacial score (nSPS) is 12.9. The van der Waals surface area contributed by atoms with Crippen molar-refractivity contribution in [3.8, 4) is 9.88 Å². The minimum absolute atomic E-state index is 0.125. The quantitative estimate of drug-likeness (QED) is 0.893. The summed E-state index contributed by atoms with van der Waals surface area (Å²) in [5.41, 5.74) is 6.80. The summed E-state index contributed by atoms with van der Waals surface area (Å²) in [5, 5.41) is 5.08. The smallest absolute Gasteiger partial charge is 0.133 e. The molecule has 0 aliphatic carbocycles. The Kier molecular flexibility index (Phi) is 3.48. The highest BCUT2D eigenvalue weighted by Crippen LogP contribution is 2.29. The molecule has 1 atom stereocenters. The van der Waals surface area contributed by atoms with Crippen LogP contribution in [0.2, 0.25) is 0 Å². The van der Waals surface area contributed by atoms with Crippen LogP contribution in [0.3, 0.4) is 0 Å². The molecule has 2 heterocycles. The van der Waals surface area contributed by atoms with E-state index in [0.717, 1.165) is 10.7 Å². The standard InChI is InChI=1S/C10H12N2OS2/c1-13-5-7(11)8-6-15-10(12-8)9-3-2-4-14-9/h2-4,6-7H,5,11H2,1H3. The van der Waals surface area contributed by atoms with Crippen molar-refractivity contribution < 1.29 is 4.74 Å². The first-order valence-corrected chi connectivity index (χ1v) is 6.31. The molecule has 2 N–H and O–H groups in total. The number of methoxy groups -OCH3 is 1. The third-order valence-electron chi connectivity index (χ3n) is 1.98. The Morgan fingerprint density at radius 1 is 1.53 bits per heavy atom. The van der Waals surface area contributed by atoms with Crippen LogP contribution in [0.25, 0.3) is 9.88 Å². The second kappa shape index (κ2) is 4.85. The van der Waals surface area contributed by atoms with Crippen molar-refractivity contribution in [2.75, 3.05) is 13.7 Å². The van der Waals surface area contributed by atoms with E-state index in [9.17, 15) is 0 Å². The van der Waals surface area contributed by atoms with Crippen molar-refractivity contribution >= 4 is 22.7 Å². The summed E-state index contributed by atoms with van der Waals surface area (Å²) >= 11 is 3.32. The molecule has 3 nitrogen and oxygen atoms in total. The van der Waals surface area contributed by atoms with Gasteiger partial charge in [0.05, 0.1) is 23.2 Å². The van der Waals surface area contributed by atoms with E-state index in [1.165, 1.54) is 4.88 Å². The number of thiazole rings is 1. The summed E-state index contributed by atoms with van der Waals surface area (Å²) in [7, 11) is 1.65. The van der Waals surface area contributed by atoms with Gasteiger partial charge in [-0.25, -0.2) is 4.98 Å². The number of hydrogen-bond acceptors (Lipinski definition) is 5. The van der Waals surface area contributed by atoms with Gasteiger partial charge in [-0.1, -0.05) is 6.07 Å². The summed E-state index contributed by atoms with van der Waals surface area (Å²) in [5.74, 6) is 0. The third-order valence-corrected chi connectivity index (χ3v) is 3.88. The molecule has 0 aliphatic rings. The first kappa shape index (κ1) is 10.8. The second-order valence-corrected chi connectivity index (χ2v) is 4.92. The number of thiophene rings is 1. The van der Waals surface area contributed by atoms with Crippen molar-refractivity contribution in [1.82, 2.24) is 4.98 Å². The van der Waals surface area contributed by atoms with Gasteiger partial charge < -0.3 is 10.5 Å². The number of hydrogen-bond donors (Lipinski definition) is 1. The van der Waals surface area contributed by atoms with Gasteiger partial charge in [-0.2, -0.15) is 0 Å². The van der Waals surface area contributed by atoms with Gasteiger partial charge in [-0.3, -0.25) is 0 Å². The lowest BCUT2D eigenvalue weighted by Gasteiger charge is -2.05. The summed E-state index contributed by atoms with van der Waals surface area (Å²) in [6.45, 7) is 0.508. The van der Waals surface area contributed by atoms with Crippen LogP contribution < -0.4 is 5.73 Å². The molecule has 2 aromatic rings. The van der Waals surface area contributed by atoms with Crippen LogP contribution in [-0.2, 0) is 4.74 Å². The van der Waals surface area contributed by atoms with E-state index >= 15 is 0 Å². The first-order valence-electron chi connectivity index (χ1n) is 4.55. The Morgan fingerprint density at radius 2 is 2.40 bits per heavy atom. The van der Waals surface area contributed by atoms with Crippen molar-refractivity contribution in [3.63, 3.8) is 0 Å². The lowest BCUT2D eigenvalue weighted by Crippen LogP contribution is -2.16. The average Bonchev–Trinajstić information content (AvgIpc) is 2.89. The van der Waals surface area contributed by atoms with Crippen molar-refractivity contribution in [2.24, 2.45) is 5.73 Å². The summed E-state index contributed by atoms with van der Waals surface area (Å²) in [4.78, 5) is 5.69. The monoisotopic (exact) mass is 240 g/mol. The Balaban J connectivity index is 2.17. The first-order chi connectivity index (χ1) is 7.31. The van der Waals surface area contributed by atoms with Crippen LogP contribution in [0.1, 0.15) is 11.7 Å². The Labute approximate surface area is 96.5 Å². The van der Waals surface area contributed by atoms with Crippen LogP contribution >= 0.6 is 22.7 Å². The van der Waals surface area contributed by atoms with E-state index in [2.05, 4.69) is 11.1 Å². The van der Waals surface area contributed by atoms with Crippen LogP contribution in [0.4, 0.5) is 0 Å². The molecule has 5 heteroatoms. The number of nitrogens with zero attached hydrogens (tertiary/aromatic N) is 1. The van der Waals surface area contributed by atoms with Crippen LogP contribution in [0, 0.1) is 0 Å². The van der Waals surface area contributed by atoms with E-state index in [4.69, 9.17) is 10.5 Å². The second-order valence-electron chi connectivity index (χ2n) is 3.12. The highest BCUT2D eigenvalue weighted by Gasteiger charge is 2.11. The Morgan fingerprint density at radius 3 is 3.07 bits per heavy atom. The van der Waals surface area contributed by atoms with Gasteiger partial charge in [0.2, 0.25) is 0 Å². The summed E-state index contributed by atoms with van der Waals surface area (Å²) in [6, 6.07) is 3.96. The predicted molar refractivity (Wildman–Crippen MR) is 64.2 cm³/mol. The SMILES string of the molecule is COCC(N)c1csc(-c2cccs2)n1. The molecule has 0 aromatic carbocycles. The van der Waals surface area contributed by atoms with Crippen molar-refractivity contribution in [3.05, 3.63) is 28.6 Å². The molecule has 0 bridgehead atoms. The largest absolute Gasteiger partial charge is 0.383 e. The number of ether oxygens (including phenoxy) is 1. The maximum absolute atomic E-state index is 5.89. The van der Waals surface area contributed by atoms with Gasteiger partial charge in [-0.15, -0.1) is 22.7 Å². The fraction of sp³-hybridized carbons (Fsp3) is 0.300. The van der Waals surface area contributed by atoms with Gasteiger partial charge in [0.25, 0.3) is 0 Å². The molecule has 0 saturated heterocycles. The van der Waals surface area contributed by atoms with E-state index in [1.54, 1.807) is 29.8 Å². The molecular formula is C10H12N2OS2. The number of rotatable bonds is 4. The minimum Gasteiger partial charge on any atom is -0.383 e. The van der Waals surface area contributed by atoms with E-state index in [0.29, 0.717) is 6.61 Å². The molecule has 2 rings (SSSR count). The molecule has 0 fully saturated rings. The fourth-order valence-electron chi connectivity index (χ4n) is 1.23. The molecule has 0 amide bonds. The lowest BCUT2D eigenvalue weighted by atomic mass is 10.2. The molecule has 0 spiro atoms. The highest BCUT2D eigenvalue weighted by atomic mass is 32.1. The number of aromatic nitrogens is 1. The highest BCUT2D eigenvalue weighted by molar-refractivity contribution is 7.20. The van der Waals surface area contributed by atoms with Gasteiger partial charge >= 0.3 is 0 Å². The average molecular weight is 240 g/mol. The zero-order valence-corrected chi connectivity index (χ0v) is 9.98. The minimum atomic E-state index is -0.125. The van der Waals surface area contributed by atoms with Crippen molar-refractivity contribution in [2.45, 2.75) is 6.04 Å². The molecule has 2 aromatic heterocycles. The molecule has 15 heavy (non-hydrogen) atoms. The third kappa shape index (κ3) is 2.43. The van der Waals surface area contributed by atoms with Gasteiger partial charge in [0.1, 0.15) is 5.01 Å². The predicted octanol–water partition coefficient (Wildman–Crippen LogP) is 2.52. The zero-order valence-electron chi connectivity index (χ0n) is 8.34. The van der Waals surface area contributed by atoms with Crippen LogP contribution in [0.15, 0.2) is 22.9 Å². The zero-order chi connectivity index (χ0) is 10.7. The summed E-state index contributed by atoms with van der Waals surface area (Å²) in [6.07, 6.45) is 0. The topological polar surface area (TPSA) is 48.1 Å². The van der Waals surface area contributed by atoms with E-state index < -0.39 is 0 Å². The fourth-order valence-corrected chi connectivity index (χ4v) is 2.93. The van der Waals surface area contributed by atoms with E-state index in [-0.39, 0.29) is 6.04 Å². The van der Waals surface area contributed by atoms with Gasteiger partial charge in [-0.05, 0) is 11.4 Å². The molecular weight excluding hydrogens is 228 g/mol. The maximum Gasteiger partial charge on any atom is 0.133 e. The van der Waals surface area contributed by atoms with Crippen molar-refractivity contribution in [1.29, 1.82) is 0 Å². The number of nitrogens with two attached hydrogens (primary N) is 1. The lowest BCUT2D eigenvalue weighted by molar-refractivity contribution is 0.180. The van der Waals surface area contributed by atoms with E-state index in [1.807, 2.05) is 16.8 Å².